The molecule has 1 unspecified atom stereocenters. The molecular weight excluding hydrogens is 363 g/mol. The topological polar surface area (TPSA) is 98.3 Å². The van der Waals surface area contributed by atoms with Gasteiger partial charge in [0.15, 0.2) is 0 Å². The molecule has 0 fully saturated rings. The molecule has 2 aromatic carbocycles. The lowest BCUT2D eigenvalue weighted by Crippen LogP contribution is -2.28. The highest BCUT2D eigenvalue weighted by Gasteiger charge is 2.36. The molecule has 25 heavy (non-hydrogen) atoms. The highest BCUT2D eigenvalue weighted by atomic mass is 35.5. The summed E-state index contributed by atoms with van der Waals surface area (Å²) in [6.45, 7) is 0. The van der Waals surface area contributed by atoms with Gasteiger partial charge in [-0.2, -0.15) is 13.2 Å². The van der Waals surface area contributed by atoms with Gasteiger partial charge in [-0.15, -0.1) is 0 Å². The molecule has 2 aromatic rings. The SMILES string of the molecule is NC(=O)C(Nc1cc(Cl)c(C(F)(F)F)cc1[N+](=O)[O-])c1ccccc1. The monoisotopic (exact) mass is 373 g/mol. The zero-order chi connectivity index (χ0) is 18.8. The van der Waals surface area contributed by atoms with Crippen LogP contribution in [-0.4, -0.2) is 10.8 Å². The number of rotatable bonds is 5. The number of nitro benzene ring substituents is 1. The number of carbonyl (C=O) groups is 1. The number of carbonyl (C=O) groups excluding carboxylic acids is 1. The van der Waals surface area contributed by atoms with Crippen molar-refractivity contribution in [1.82, 2.24) is 0 Å². The van der Waals surface area contributed by atoms with E-state index >= 15 is 0 Å². The van der Waals surface area contributed by atoms with Crippen molar-refractivity contribution in [3.8, 4) is 0 Å². The van der Waals surface area contributed by atoms with Crippen LogP contribution in [-0.2, 0) is 11.0 Å². The van der Waals surface area contributed by atoms with Crippen molar-refractivity contribution in [2.45, 2.75) is 12.2 Å². The summed E-state index contributed by atoms with van der Waals surface area (Å²) in [5.41, 5.74) is 3.11. The zero-order valence-corrected chi connectivity index (χ0v) is 13.1. The normalized spacial score (nSPS) is 12.5. The molecule has 10 heteroatoms. The van der Waals surface area contributed by atoms with Crippen LogP contribution in [0.5, 0.6) is 0 Å². The molecule has 1 amide bonds. The number of halogens is 4. The van der Waals surface area contributed by atoms with Crippen LogP contribution < -0.4 is 11.1 Å². The Labute approximate surface area is 144 Å². The smallest absolute Gasteiger partial charge is 0.368 e. The van der Waals surface area contributed by atoms with Gasteiger partial charge >= 0.3 is 6.18 Å². The van der Waals surface area contributed by atoms with Crippen molar-refractivity contribution >= 4 is 28.9 Å². The molecule has 6 nitrogen and oxygen atoms in total. The van der Waals surface area contributed by atoms with Crippen molar-refractivity contribution < 1.29 is 22.9 Å². The number of nitrogens with one attached hydrogen (secondary N) is 1. The lowest BCUT2D eigenvalue weighted by Gasteiger charge is -2.18. The quantitative estimate of drug-likeness (QED) is 0.613. The van der Waals surface area contributed by atoms with Gasteiger partial charge in [-0.1, -0.05) is 41.9 Å². The van der Waals surface area contributed by atoms with Crippen molar-refractivity contribution in [1.29, 1.82) is 0 Å². The summed E-state index contributed by atoms with van der Waals surface area (Å²) >= 11 is 5.60. The second-order valence-electron chi connectivity index (χ2n) is 4.99. The number of alkyl halides is 3. The van der Waals surface area contributed by atoms with Crippen molar-refractivity contribution in [2.75, 3.05) is 5.32 Å². The molecule has 0 aliphatic heterocycles. The summed E-state index contributed by atoms with van der Waals surface area (Å²) < 4.78 is 38.6. The molecule has 0 saturated heterocycles. The number of nitrogens with two attached hydrogens (primary N) is 1. The lowest BCUT2D eigenvalue weighted by atomic mass is 10.1. The first kappa shape index (κ1) is 18.5. The van der Waals surface area contributed by atoms with E-state index < -0.39 is 39.3 Å². The zero-order valence-electron chi connectivity index (χ0n) is 12.4. The number of anilines is 1. The van der Waals surface area contributed by atoms with Gasteiger partial charge in [-0.25, -0.2) is 0 Å². The van der Waals surface area contributed by atoms with Crippen LogP contribution >= 0.6 is 11.6 Å². The Kier molecular flexibility index (Phi) is 5.17. The van der Waals surface area contributed by atoms with Gasteiger partial charge in [0.05, 0.1) is 15.5 Å². The minimum Gasteiger partial charge on any atom is -0.368 e. The number of nitrogens with zero attached hydrogens (tertiary/aromatic N) is 1. The number of nitro groups is 1. The molecule has 0 aliphatic rings. The Balaban J connectivity index is 2.52. The number of benzene rings is 2. The number of amides is 1. The molecular formula is C15H11ClF3N3O3. The predicted octanol–water partition coefficient (Wildman–Crippen LogP) is 3.91. The fourth-order valence-electron chi connectivity index (χ4n) is 2.17. The Bertz CT molecular complexity index is 813. The van der Waals surface area contributed by atoms with Gasteiger partial charge in [0.2, 0.25) is 5.91 Å². The fraction of sp³-hybridized carbons (Fsp3) is 0.133. The van der Waals surface area contributed by atoms with E-state index in [9.17, 15) is 28.1 Å². The van der Waals surface area contributed by atoms with E-state index in [0.29, 0.717) is 11.6 Å². The molecule has 0 radical (unpaired) electrons. The summed E-state index contributed by atoms with van der Waals surface area (Å²) in [6, 6.07) is 7.86. The van der Waals surface area contributed by atoms with E-state index in [2.05, 4.69) is 5.32 Å². The van der Waals surface area contributed by atoms with E-state index in [0.717, 1.165) is 6.07 Å². The first-order chi connectivity index (χ1) is 11.6. The lowest BCUT2D eigenvalue weighted by molar-refractivity contribution is -0.384. The highest BCUT2D eigenvalue weighted by molar-refractivity contribution is 6.31. The summed E-state index contributed by atoms with van der Waals surface area (Å²) in [6.07, 6.45) is -4.86. The fourth-order valence-corrected chi connectivity index (χ4v) is 2.44. The molecule has 0 aliphatic carbocycles. The van der Waals surface area contributed by atoms with E-state index in [1.54, 1.807) is 30.3 Å². The van der Waals surface area contributed by atoms with Gasteiger partial charge in [0, 0.05) is 6.07 Å². The summed E-state index contributed by atoms with van der Waals surface area (Å²) in [7, 11) is 0. The van der Waals surface area contributed by atoms with Gasteiger partial charge in [-0.3, -0.25) is 14.9 Å². The third kappa shape index (κ3) is 4.18. The highest BCUT2D eigenvalue weighted by Crippen LogP contribution is 2.41. The molecule has 1 atom stereocenters. The Morgan fingerprint density at radius 1 is 1.24 bits per heavy atom. The Morgan fingerprint density at radius 2 is 1.84 bits per heavy atom. The van der Waals surface area contributed by atoms with Gasteiger partial charge in [-0.05, 0) is 11.6 Å². The molecule has 2 rings (SSSR count). The molecule has 132 valence electrons. The van der Waals surface area contributed by atoms with Crippen molar-refractivity contribution in [3.63, 3.8) is 0 Å². The molecule has 0 saturated carbocycles. The van der Waals surface area contributed by atoms with Crippen LogP contribution in [0.3, 0.4) is 0 Å². The average molecular weight is 374 g/mol. The standard InChI is InChI=1S/C15H11ClF3N3O3/c16-10-7-11(12(22(24)25)6-9(10)15(17,18)19)21-13(14(20)23)8-4-2-1-3-5-8/h1-7,13,21H,(H2,20,23). The van der Waals surface area contributed by atoms with E-state index in [-0.39, 0.29) is 5.69 Å². The minimum absolute atomic E-state index is 0.313. The number of hydrogen-bond donors (Lipinski definition) is 2. The van der Waals surface area contributed by atoms with Crippen LogP contribution in [0.25, 0.3) is 0 Å². The maximum Gasteiger partial charge on any atom is 0.418 e. The maximum atomic E-state index is 12.9. The van der Waals surface area contributed by atoms with Crippen LogP contribution in [0.1, 0.15) is 17.2 Å². The first-order valence-electron chi connectivity index (χ1n) is 6.77. The Morgan fingerprint density at radius 3 is 2.32 bits per heavy atom. The van der Waals surface area contributed by atoms with Crippen LogP contribution in [0.4, 0.5) is 24.5 Å². The van der Waals surface area contributed by atoms with Crippen LogP contribution in [0, 0.1) is 10.1 Å². The van der Waals surface area contributed by atoms with E-state index in [4.69, 9.17) is 17.3 Å². The number of primary amides is 1. The van der Waals surface area contributed by atoms with Crippen LogP contribution in [0.2, 0.25) is 5.02 Å². The third-order valence-electron chi connectivity index (χ3n) is 3.30. The van der Waals surface area contributed by atoms with Gasteiger partial charge in [0.1, 0.15) is 11.7 Å². The van der Waals surface area contributed by atoms with E-state index in [1.807, 2.05) is 0 Å². The summed E-state index contributed by atoms with van der Waals surface area (Å²) in [5.74, 6) is -0.864. The van der Waals surface area contributed by atoms with E-state index in [1.165, 1.54) is 0 Å². The summed E-state index contributed by atoms with van der Waals surface area (Å²) in [5, 5.41) is 12.9. The molecule has 3 N–H and O–H groups in total. The Hall–Kier alpha value is -2.81. The molecule has 0 heterocycles. The first-order valence-corrected chi connectivity index (χ1v) is 7.15. The average Bonchev–Trinajstić information content (AvgIpc) is 2.51. The molecule has 0 bridgehead atoms. The largest absolute Gasteiger partial charge is 0.418 e. The third-order valence-corrected chi connectivity index (χ3v) is 3.62. The van der Waals surface area contributed by atoms with Gasteiger partial charge < -0.3 is 11.1 Å². The predicted molar refractivity (Wildman–Crippen MR) is 85.1 cm³/mol. The maximum absolute atomic E-state index is 12.9. The van der Waals surface area contributed by atoms with Crippen LogP contribution in [0.15, 0.2) is 42.5 Å². The minimum atomic E-state index is -4.86. The second-order valence-corrected chi connectivity index (χ2v) is 5.40. The molecule has 0 spiro atoms. The summed E-state index contributed by atoms with van der Waals surface area (Å²) in [4.78, 5) is 21.8. The second kappa shape index (κ2) is 6.98. The van der Waals surface area contributed by atoms with Crippen molar-refractivity contribution in [2.24, 2.45) is 5.73 Å². The van der Waals surface area contributed by atoms with Gasteiger partial charge in [0.25, 0.3) is 5.69 Å². The van der Waals surface area contributed by atoms with Crippen molar-refractivity contribution in [3.05, 3.63) is 68.7 Å². The number of hydrogen-bond acceptors (Lipinski definition) is 4. The molecule has 0 aromatic heterocycles.